The number of benzene rings is 3. The van der Waals surface area contributed by atoms with Crippen LogP contribution in [0.1, 0.15) is 72.0 Å². The van der Waals surface area contributed by atoms with Gasteiger partial charge in [-0.25, -0.2) is 4.79 Å². The summed E-state index contributed by atoms with van der Waals surface area (Å²) in [5, 5.41) is 18.6. The summed E-state index contributed by atoms with van der Waals surface area (Å²) in [7, 11) is 0. The molecule has 1 unspecified atom stereocenters. The molecule has 0 spiro atoms. The van der Waals surface area contributed by atoms with Gasteiger partial charge in [-0.15, -0.1) is 0 Å². The molecule has 0 amide bonds. The molecule has 5 heteroatoms. The third-order valence-electron chi connectivity index (χ3n) is 6.62. The zero-order valence-corrected chi connectivity index (χ0v) is 21.9. The van der Waals surface area contributed by atoms with Crippen molar-refractivity contribution in [1.29, 1.82) is 0 Å². The van der Waals surface area contributed by atoms with Crippen LogP contribution in [0.15, 0.2) is 84.9 Å². The summed E-state index contributed by atoms with van der Waals surface area (Å²) in [4.78, 5) is 22.6. The Kier molecular flexibility index (Phi) is 12.1. The van der Waals surface area contributed by atoms with E-state index in [4.69, 9.17) is 9.84 Å². The Morgan fingerprint density at radius 2 is 1.53 bits per heavy atom. The number of carbonyl (C=O) groups is 2. The first-order valence-electron chi connectivity index (χ1n) is 13.5. The van der Waals surface area contributed by atoms with E-state index in [1.807, 2.05) is 42.5 Å². The van der Waals surface area contributed by atoms with Gasteiger partial charge in [0.15, 0.2) is 0 Å². The van der Waals surface area contributed by atoms with Gasteiger partial charge < -0.3 is 14.9 Å². The smallest absolute Gasteiger partial charge is 0.335 e. The van der Waals surface area contributed by atoms with Gasteiger partial charge in [-0.1, -0.05) is 85.3 Å². The lowest BCUT2D eigenvalue weighted by Crippen LogP contribution is -2.08. The molecule has 0 aliphatic carbocycles. The van der Waals surface area contributed by atoms with Crippen molar-refractivity contribution in [3.8, 4) is 5.75 Å². The number of rotatable bonds is 17. The highest BCUT2D eigenvalue weighted by Gasteiger charge is 2.14. The van der Waals surface area contributed by atoms with E-state index < -0.39 is 11.9 Å². The van der Waals surface area contributed by atoms with Gasteiger partial charge in [-0.3, -0.25) is 4.79 Å². The minimum absolute atomic E-state index is 0.0790. The first kappa shape index (κ1) is 28.7. The molecule has 200 valence electrons. The second kappa shape index (κ2) is 16.1. The first-order chi connectivity index (χ1) is 18.5. The van der Waals surface area contributed by atoms with Crippen molar-refractivity contribution in [2.45, 2.75) is 57.8 Å². The van der Waals surface area contributed by atoms with Crippen LogP contribution in [0, 0.1) is 5.92 Å². The van der Waals surface area contributed by atoms with Crippen LogP contribution in [0.2, 0.25) is 0 Å². The van der Waals surface area contributed by atoms with E-state index in [2.05, 4.69) is 36.4 Å². The van der Waals surface area contributed by atoms with Crippen molar-refractivity contribution in [3.05, 3.63) is 107 Å². The van der Waals surface area contributed by atoms with Crippen molar-refractivity contribution in [2.75, 3.05) is 6.61 Å². The lowest BCUT2D eigenvalue weighted by Gasteiger charge is -2.15. The van der Waals surface area contributed by atoms with Gasteiger partial charge in [0.1, 0.15) is 5.75 Å². The molecule has 3 aromatic rings. The number of aromatic carboxylic acids is 1. The van der Waals surface area contributed by atoms with Crippen LogP contribution in [-0.4, -0.2) is 28.8 Å². The number of hydrogen-bond donors (Lipinski definition) is 2. The number of aryl methyl sites for hydroxylation is 1. The molecule has 5 nitrogen and oxygen atoms in total. The molecule has 38 heavy (non-hydrogen) atoms. The topological polar surface area (TPSA) is 83.8 Å². The maximum atomic E-state index is 11.7. The average molecular weight is 515 g/mol. The molecular formula is C33H38O5. The Hall–Kier alpha value is -3.86. The molecule has 0 radical (unpaired) electrons. The lowest BCUT2D eigenvalue weighted by molar-refractivity contribution is -0.137. The van der Waals surface area contributed by atoms with E-state index >= 15 is 0 Å². The summed E-state index contributed by atoms with van der Waals surface area (Å²) in [5.41, 5.74) is 3.45. The number of unbranched alkanes of at least 4 members (excludes halogenated alkanes) is 3. The summed E-state index contributed by atoms with van der Waals surface area (Å²) in [6.07, 6.45) is 11.3. The van der Waals surface area contributed by atoms with E-state index in [1.165, 1.54) is 5.56 Å². The number of aliphatic carboxylic acids is 1. The fraction of sp³-hybridized carbons (Fsp3) is 0.333. The number of hydrogen-bond acceptors (Lipinski definition) is 3. The molecule has 0 heterocycles. The Bertz CT molecular complexity index is 1170. The Balaban J connectivity index is 1.59. The highest BCUT2D eigenvalue weighted by atomic mass is 16.5. The predicted molar refractivity (Wildman–Crippen MR) is 152 cm³/mol. The van der Waals surface area contributed by atoms with E-state index in [1.54, 1.807) is 12.1 Å². The summed E-state index contributed by atoms with van der Waals surface area (Å²) >= 11 is 0. The molecule has 0 fully saturated rings. The highest BCUT2D eigenvalue weighted by Crippen LogP contribution is 2.25. The van der Waals surface area contributed by atoms with Gasteiger partial charge in [-0.2, -0.15) is 0 Å². The van der Waals surface area contributed by atoms with E-state index in [0.29, 0.717) is 25.0 Å². The minimum Gasteiger partial charge on any atom is -0.493 e. The average Bonchev–Trinajstić information content (AvgIpc) is 2.92. The summed E-state index contributed by atoms with van der Waals surface area (Å²) < 4.78 is 6.12. The molecule has 0 bridgehead atoms. The third kappa shape index (κ3) is 10.3. The fourth-order valence-electron chi connectivity index (χ4n) is 4.56. The van der Waals surface area contributed by atoms with Crippen LogP contribution in [0.3, 0.4) is 0 Å². The number of carboxylic acids is 2. The fourth-order valence-corrected chi connectivity index (χ4v) is 4.56. The second-order valence-corrected chi connectivity index (χ2v) is 9.61. The van der Waals surface area contributed by atoms with Crippen LogP contribution < -0.4 is 4.74 Å². The molecule has 0 aliphatic heterocycles. The lowest BCUT2D eigenvalue weighted by atomic mass is 9.90. The zero-order chi connectivity index (χ0) is 27.0. The highest BCUT2D eigenvalue weighted by molar-refractivity contribution is 5.89. The summed E-state index contributed by atoms with van der Waals surface area (Å²) in [6, 6.07) is 25.6. The number of ether oxygens (including phenoxy) is 1. The maximum Gasteiger partial charge on any atom is 0.335 e. The number of para-hydroxylation sites is 1. The van der Waals surface area contributed by atoms with E-state index in [-0.39, 0.29) is 12.3 Å². The first-order valence-corrected chi connectivity index (χ1v) is 13.5. The van der Waals surface area contributed by atoms with Crippen LogP contribution in [-0.2, 0) is 17.6 Å². The molecule has 0 saturated carbocycles. The summed E-state index contributed by atoms with van der Waals surface area (Å²) in [5.74, 6) is -0.811. The van der Waals surface area contributed by atoms with Crippen molar-refractivity contribution in [3.63, 3.8) is 0 Å². The third-order valence-corrected chi connectivity index (χ3v) is 6.62. The Morgan fingerprint density at radius 3 is 2.32 bits per heavy atom. The zero-order valence-electron chi connectivity index (χ0n) is 21.9. The molecular weight excluding hydrogens is 476 g/mol. The molecule has 0 aliphatic rings. The van der Waals surface area contributed by atoms with Gasteiger partial charge >= 0.3 is 11.9 Å². The van der Waals surface area contributed by atoms with Crippen molar-refractivity contribution in [1.82, 2.24) is 0 Å². The van der Waals surface area contributed by atoms with Crippen LogP contribution in [0.4, 0.5) is 0 Å². The van der Waals surface area contributed by atoms with Crippen LogP contribution in [0.25, 0.3) is 6.08 Å². The second-order valence-electron chi connectivity index (χ2n) is 9.61. The Labute approximate surface area is 225 Å². The van der Waals surface area contributed by atoms with Crippen molar-refractivity contribution >= 4 is 18.0 Å². The van der Waals surface area contributed by atoms with Gasteiger partial charge in [0.25, 0.3) is 0 Å². The standard InChI is InChI=1S/C33H38O5/c34-32(35)21-11-6-16-27(25-29-18-7-9-19-30(29)33(36)37)22-23-28-17-8-10-20-31(28)38-24-12-2-5-15-26-13-3-1-4-14-26/h1,3-4,7-10,13-14,17-20,22-23,27H,2,5-6,11-12,15-16,21,24-25H2,(H,34,35)(H,36,37)/b23-22+. The van der Waals surface area contributed by atoms with Gasteiger partial charge in [0.05, 0.1) is 12.2 Å². The molecule has 0 aromatic heterocycles. The number of allylic oxidation sites excluding steroid dienone is 1. The summed E-state index contributed by atoms with van der Waals surface area (Å²) in [6.45, 7) is 0.657. The van der Waals surface area contributed by atoms with Gasteiger partial charge in [0.2, 0.25) is 0 Å². The monoisotopic (exact) mass is 514 g/mol. The number of carboxylic acid groups (broad SMARTS) is 2. The van der Waals surface area contributed by atoms with Crippen LogP contribution in [0.5, 0.6) is 5.75 Å². The van der Waals surface area contributed by atoms with Crippen LogP contribution >= 0.6 is 0 Å². The normalized spacial score (nSPS) is 11.9. The molecule has 2 N–H and O–H groups in total. The van der Waals surface area contributed by atoms with Gasteiger partial charge in [0, 0.05) is 12.0 Å². The molecule has 1 atom stereocenters. The van der Waals surface area contributed by atoms with E-state index in [0.717, 1.165) is 55.4 Å². The van der Waals surface area contributed by atoms with Crippen molar-refractivity contribution in [2.24, 2.45) is 5.92 Å². The van der Waals surface area contributed by atoms with E-state index in [9.17, 15) is 14.7 Å². The van der Waals surface area contributed by atoms with Crippen molar-refractivity contribution < 1.29 is 24.5 Å². The minimum atomic E-state index is -0.934. The quantitative estimate of drug-likeness (QED) is 0.180. The largest absolute Gasteiger partial charge is 0.493 e. The molecule has 3 rings (SSSR count). The Morgan fingerprint density at radius 1 is 0.789 bits per heavy atom. The van der Waals surface area contributed by atoms with Gasteiger partial charge in [-0.05, 0) is 74.1 Å². The SMILES string of the molecule is O=C(O)CCCCC(/C=C/c1ccccc1OCCCCCc1ccccc1)Cc1ccccc1C(=O)O. The molecule has 3 aromatic carbocycles. The maximum absolute atomic E-state index is 11.7. The predicted octanol–water partition coefficient (Wildman–Crippen LogP) is 7.69. The molecule has 0 saturated heterocycles.